The second-order valence-electron chi connectivity index (χ2n) is 6.29. The number of nitrogens with two attached hydrogens (primary N) is 1. The quantitative estimate of drug-likeness (QED) is 0.236. The lowest BCUT2D eigenvalue weighted by Crippen LogP contribution is -2.23. The van der Waals surface area contributed by atoms with Gasteiger partial charge in [-0.25, -0.2) is 0 Å². The van der Waals surface area contributed by atoms with Crippen LogP contribution in [0.25, 0.3) is 0 Å². The molecule has 3 N–H and O–H groups in total. The number of aliphatic imine (C=N–C) groups is 1. The number of hydrogen-bond donors (Lipinski definition) is 2. The molecular weight excluding hydrogens is 469 g/mol. The Balaban J connectivity index is 0.00000392. The van der Waals surface area contributed by atoms with Gasteiger partial charge >= 0.3 is 0 Å². The van der Waals surface area contributed by atoms with Crippen LogP contribution in [-0.4, -0.2) is 35.5 Å². The number of ether oxygens (including phenoxy) is 2. The molecule has 0 unspecified atom stereocenters. The first-order valence-electron chi connectivity index (χ1n) is 9.41. The van der Waals surface area contributed by atoms with E-state index in [0.717, 1.165) is 35.7 Å². The van der Waals surface area contributed by atoms with Gasteiger partial charge in [0.25, 0.3) is 0 Å². The third-order valence-electron chi connectivity index (χ3n) is 4.35. The number of halogens is 1. The molecule has 0 spiro atoms. The van der Waals surface area contributed by atoms with Crippen molar-refractivity contribution in [2.45, 2.75) is 40.5 Å². The van der Waals surface area contributed by atoms with Gasteiger partial charge < -0.3 is 20.5 Å². The summed E-state index contributed by atoms with van der Waals surface area (Å²) >= 11 is 0. The number of hydrogen-bond acceptors (Lipinski definition) is 4. The van der Waals surface area contributed by atoms with Crippen molar-refractivity contribution in [1.82, 2.24) is 9.78 Å². The minimum atomic E-state index is 0. The van der Waals surface area contributed by atoms with Crippen LogP contribution in [0, 0.1) is 13.8 Å². The topological polar surface area (TPSA) is 86.7 Å². The summed E-state index contributed by atoms with van der Waals surface area (Å²) < 4.78 is 13.1. The van der Waals surface area contributed by atoms with Crippen molar-refractivity contribution < 1.29 is 9.47 Å². The highest BCUT2D eigenvalue weighted by atomic mass is 127. The number of guanidine groups is 1. The second kappa shape index (κ2) is 11.8. The zero-order chi connectivity index (χ0) is 19.8. The molecule has 0 bridgehead atoms. The van der Waals surface area contributed by atoms with E-state index in [1.165, 1.54) is 11.3 Å². The summed E-state index contributed by atoms with van der Waals surface area (Å²) in [6.45, 7) is 9.85. The van der Waals surface area contributed by atoms with Crippen molar-refractivity contribution in [2.75, 3.05) is 25.1 Å². The van der Waals surface area contributed by atoms with E-state index in [1.807, 2.05) is 50.7 Å². The van der Waals surface area contributed by atoms with Crippen LogP contribution < -0.4 is 20.5 Å². The van der Waals surface area contributed by atoms with E-state index < -0.39 is 0 Å². The molecule has 8 heteroatoms. The standard InChI is InChI=1S/C20H31N5O2.HI/c1-6-26-16-10-11-19(27-7-2)18(13-16)23-20(21)22-12-8-9-17-14(3)24-25(5)15(17)4;/h10-11,13H,6-9,12H2,1-5H3,(H3,21,22,23);1H. The summed E-state index contributed by atoms with van der Waals surface area (Å²) in [6, 6.07) is 5.63. The third kappa shape index (κ3) is 6.57. The number of aryl methyl sites for hydroxylation is 2. The number of aromatic nitrogens is 2. The summed E-state index contributed by atoms with van der Waals surface area (Å²) in [5.74, 6) is 1.85. The largest absolute Gasteiger partial charge is 0.494 e. The number of rotatable bonds is 9. The van der Waals surface area contributed by atoms with Crippen molar-refractivity contribution in [3.8, 4) is 11.5 Å². The highest BCUT2D eigenvalue weighted by Crippen LogP contribution is 2.29. The van der Waals surface area contributed by atoms with E-state index in [2.05, 4.69) is 22.3 Å². The molecule has 0 fully saturated rings. The van der Waals surface area contributed by atoms with Crippen LogP contribution in [0.3, 0.4) is 0 Å². The Morgan fingerprint density at radius 1 is 1.21 bits per heavy atom. The fourth-order valence-corrected chi connectivity index (χ4v) is 2.96. The van der Waals surface area contributed by atoms with Crippen molar-refractivity contribution in [2.24, 2.45) is 17.8 Å². The Labute approximate surface area is 184 Å². The van der Waals surface area contributed by atoms with Crippen LogP contribution in [-0.2, 0) is 13.5 Å². The Morgan fingerprint density at radius 2 is 1.93 bits per heavy atom. The van der Waals surface area contributed by atoms with Crippen LogP contribution in [0.1, 0.15) is 37.2 Å². The van der Waals surface area contributed by atoms with Crippen LogP contribution in [0.2, 0.25) is 0 Å². The van der Waals surface area contributed by atoms with Crippen molar-refractivity contribution in [3.63, 3.8) is 0 Å². The van der Waals surface area contributed by atoms with E-state index in [9.17, 15) is 0 Å². The van der Waals surface area contributed by atoms with E-state index in [0.29, 0.717) is 25.7 Å². The maximum absolute atomic E-state index is 6.06. The minimum absolute atomic E-state index is 0. The molecule has 0 atom stereocenters. The summed E-state index contributed by atoms with van der Waals surface area (Å²) in [7, 11) is 1.97. The van der Waals surface area contributed by atoms with Gasteiger partial charge in [-0.3, -0.25) is 9.67 Å². The van der Waals surface area contributed by atoms with Gasteiger partial charge in [0.15, 0.2) is 5.96 Å². The van der Waals surface area contributed by atoms with Crippen molar-refractivity contribution >= 4 is 35.6 Å². The van der Waals surface area contributed by atoms with E-state index in [-0.39, 0.29) is 24.0 Å². The fourth-order valence-electron chi connectivity index (χ4n) is 2.96. The average molecular weight is 501 g/mol. The lowest BCUT2D eigenvalue weighted by molar-refractivity contribution is 0.332. The monoisotopic (exact) mass is 501 g/mol. The smallest absolute Gasteiger partial charge is 0.193 e. The normalized spacial score (nSPS) is 11.1. The van der Waals surface area contributed by atoms with Gasteiger partial charge in [0.05, 0.1) is 24.6 Å². The maximum Gasteiger partial charge on any atom is 0.193 e. The van der Waals surface area contributed by atoms with Gasteiger partial charge in [-0.05, 0) is 58.2 Å². The molecule has 0 aliphatic heterocycles. The van der Waals surface area contributed by atoms with E-state index >= 15 is 0 Å². The van der Waals surface area contributed by atoms with Crippen LogP contribution in [0.4, 0.5) is 5.69 Å². The zero-order valence-electron chi connectivity index (χ0n) is 17.4. The van der Waals surface area contributed by atoms with Crippen LogP contribution in [0.15, 0.2) is 23.2 Å². The van der Waals surface area contributed by atoms with E-state index in [1.54, 1.807) is 0 Å². The molecule has 0 aliphatic rings. The molecule has 0 saturated heterocycles. The maximum atomic E-state index is 6.06. The number of nitrogens with one attached hydrogen (secondary N) is 1. The van der Waals surface area contributed by atoms with Gasteiger partial charge in [-0.15, -0.1) is 24.0 Å². The Bertz CT molecular complexity index is 789. The summed E-state index contributed by atoms with van der Waals surface area (Å²) in [6.07, 6.45) is 1.85. The number of anilines is 1. The molecule has 7 nitrogen and oxygen atoms in total. The first-order valence-corrected chi connectivity index (χ1v) is 9.41. The van der Waals surface area contributed by atoms with Gasteiger partial charge in [0.2, 0.25) is 0 Å². The summed E-state index contributed by atoms with van der Waals surface area (Å²) in [5, 5.41) is 7.57. The van der Waals surface area contributed by atoms with Gasteiger partial charge in [0.1, 0.15) is 11.5 Å². The first-order chi connectivity index (χ1) is 13.0. The van der Waals surface area contributed by atoms with Gasteiger partial charge in [-0.1, -0.05) is 0 Å². The summed E-state index contributed by atoms with van der Waals surface area (Å²) in [5.41, 5.74) is 10.4. The Hall–Kier alpha value is -1.97. The molecule has 0 radical (unpaired) electrons. The molecule has 28 heavy (non-hydrogen) atoms. The molecule has 0 amide bonds. The molecule has 1 aromatic carbocycles. The second-order valence-corrected chi connectivity index (χ2v) is 6.29. The molecule has 2 aromatic rings. The molecule has 156 valence electrons. The van der Waals surface area contributed by atoms with Gasteiger partial charge in [0, 0.05) is 25.4 Å². The molecule has 2 rings (SSSR count). The van der Waals surface area contributed by atoms with Gasteiger partial charge in [-0.2, -0.15) is 5.10 Å². The third-order valence-corrected chi connectivity index (χ3v) is 4.35. The molecule has 0 saturated carbocycles. The summed E-state index contributed by atoms with van der Waals surface area (Å²) in [4.78, 5) is 4.44. The van der Waals surface area contributed by atoms with Crippen molar-refractivity contribution in [1.29, 1.82) is 0 Å². The first kappa shape index (κ1) is 24.1. The van der Waals surface area contributed by atoms with Crippen LogP contribution >= 0.6 is 24.0 Å². The highest BCUT2D eigenvalue weighted by Gasteiger charge is 2.09. The lowest BCUT2D eigenvalue weighted by atomic mass is 10.1. The number of benzene rings is 1. The Kier molecular flexibility index (Phi) is 10.1. The minimum Gasteiger partial charge on any atom is -0.494 e. The van der Waals surface area contributed by atoms with Crippen molar-refractivity contribution in [3.05, 3.63) is 35.2 Å². The predicted octanol–water partition coefficient (Wildman–Crippen LogP) is 3.81. The molecule has 0 aliphatic carbocycles. The number of nitrogens with zero attached hydrogens (tertiary/aromatic N) is 3. The van der Waals surface area contributed by atoms with E-state index in [4.69, 9.17) is 15.2 Å². The molecular formula is C20H32IN5O2. The molecule has 1 heterocycles. The predicted molar refractivity (Wildman–Crippen MR) is 125 cm³/mol. The highest BCUT2D eigenvalue weighted by molar-refractivity contribution is 14.0. The van der Waals surface area contributed by atoms with Crippen LogP contribution in [0.5, 0.6) is 11.5 Å². The zero-order valence-corrected chi connectivity index (χ0v) is 19.7. The SMILES string of the molecule is CCOc1ccc(OCC)c(NC(N)=NCCCc2c(C)nn(C)c2C)c1.I. The fraction of sp³-hybridized carbons (Fsp3) is 0.500. The molecule has 1 aromatic heterocycles. The average Bonchev–Trinajstić information content (AvgIpc) is 2.87. The Morgan fingerprint density at radius 3 is 2.54 bits per heavy atom. The lowest BCUT2D eigenvalue weighted by Gasteiger charge is -2.14.